The number of hydrogen-bond acceptors (Lipinski definition) is 3. The van der Waals surface area contributed by atoms with E-state index in [0.717, 1.165) is 25.9 Å². The minimum Gasteiger partial charge on any atom is -0.316 e. The zero-order chi connectivity index (χ0) is 13.9. The molecule has 104 valence electrons. The molecule has 2 N–H and O–H groups in total. The van der Waals surface area contributed by atoms with Gasteiger partial charge in [-0.25, -0.2) is 0 Å². The van der Waals surface area contributed by atoms with E-state index < -0.39 is 5.92 Å². The van der Waals surface area contributed by atoms with E-state index in [4.69, 9.17) is 0 Å². The predicted octanol–water partition coefficient (Wildman–Crippen LogP) is 0.825. The molecule has 3 rings (SSSR count). The third kappa shape index (κ3) is 2.49. The summed E-state index contributed by atoms with van der Waals surface area (Å²) < 4.78 is 0. The molecule has 2 aliphatic heterocycles. The van der Waals surface area contributed by atoms with Crippen molar-refractivity contribution in [2.24, 2.45) is 10.9 Å². The van der Waals surface area contributed by atoms with Gasteiger partial charge in [0.15, 0.2) is 0 Å². The van der Waals surface area contributed by atoms with Gasteiger partial charge in [0, 0.05) is 12.5 Å². The summed E-state index contributed by atoms with van der Waals surface area (Å²) in [5.74, 6) is -0.776. The zero-order valence-electron chi connectivity index (χ0n) is 11.1. The van der Waals surface area contributed by atoms with Gasteiger partial charge in [-0.3, -0.25) is 9.59 Å². The van der Waals surface area contributed by atoms with Crippen molar-refractivity contribution in [3.05, 3.63) is 35.9 Å². The lowest BCUT2D eigenvalue weighted by atomic mass is 9.93. The van der Waals surface area contributed by atoms with Crippen LogP contribution in [0.5, 0.6) is 0 Å². The third-order valence-electron chi connectivity index (χ3n) is 3.81. The van der Waals surface area contributed by atoms with E-state index in [1.807, 2.05) is 18.2 Å². The molecule has 20 heavy (non-hydrogen) atoms. The van der Waals surface area contributed by atoms with E-state index >= 15 is 0 Å². The molecule has 2 atom stereocenters. The summed E-state index contributed by atoms with van der Waals surface area (Å²) >= 11 is 0. The van der Waals surface area contributed by atoms with E-state index in [1.165, 1.54) is 0 Å². The van der Waals surface area contributed by atoms with Gasteiger partial charge in [0.2, 0.25) is 5.91 Å². The molecule has 1 aromatic rings. The van der Waals surface area contributed by atoms with Crippen molar-refractivity contribution in [2.45, 2.75) is 18.8 Å². The normalized spacial score (nSPS) is 26.9. The second-order valence-corrected chi connectivity index (χ2v) is 5.21. The van der Waals surface area contributed by atoms with Gasteiger partial charge in [0.25, 0.3) is 5.91 Å². The quantitative estimate of drug-likeness (QED) is 0.783. The van der Waals surface area contributed by atoms with Crippen molar-refractivity contribution in [3.63, 3.8) is 0 Å². The van der Waals surface area contributed by atoms with Crippen molar-refractivity contribution in [2.75, 3.05) is 13.1 Å². The molecule has 1 fully saturated rings. The number of nitrogens with one attached hydrogen (secondary N) is 2. The van der Waals surface area contributed by atoms with Gasteiger partial charge in [-0.1, -0.05) is 30.3 Å². The summed E-state index contributed by atoms with van der Waals surface area (Å²) in [6.07, 6.45) is 1.99. The zero-order valence-corrected chi connectivity index (χ0v) is 11.1. The van der Waals surface area contributed by atoms with Crippen LogP contribution < -0.4 is 10.6 Å². The number of amides is 2. The summed E-state index contributed by atoms with van der Waals surface area (Å²) in [6, 6.07) is 9.06. The molecule has 5 nitrogen and oxygen atoms in total. The molecule has 1 saturated heterocycles. The SMILES string of the molecule is O=C1N=C(C2CCCNC2)NC(=O)C1c1ccccc1. The molecule has 1 aromatic carbocycles. The summed E-state index contributed by atoms with van der Waals surface area (Å²) in [5, 5.41) is 6.08. The molecule has 2 unspecified atom stereocenters. The fourth-order valence-electron chi connectivity index (χ4n) is 2.74. The Morgan fingerprint density at radius 1 is 1.15 bits per heavy atom. The molecule has 2 amide bonds. The highest BCUT2D eigenvalue weighted by Gasteiger charge is 2.35. The predicted molar refractivity (Wildman–Crippen MR) is 75.4 cm³/mol. The molecular weight excluding hydrogens is 254 g/mol. The second kappa shape index (κ2) is 5.54. The molecular formula is C15H17N3O2. The monoisotopic (exact) mass is 271 g/mol. The van der Waals surface area contributed by atoms with Gasteiger partial charge in [-0.05, 0) is 24.9 Å². The Bertz CT molecular complexity index is 547. The van der Waals surface area contributed by atoms with Gasteiger partial charge in [0.05, 0.1) is 0 Å². The first-order chi connectivity index (χ1) is 9.75. The van der Waals surface area contributed by atoms with Crippen LogP contribution in [0.25, 0.3) is 0 Å². The average Bonchev–Trinajstić information content (AvgIpc) is 2.48. The Balaban J connectivity index is 1.83. The summed E-state index contributed by atoms with van der Waals surface area (Å²) in [6.45, 7) is 1.75. The highest BCUT2D eigenvalue weighted by Crippen LogP contribution is 2.22. The molecule has 5 heteroatoms. The maximum Gasteiger partial charge on any atom is 0.264 e. The molecule has 0 radical (unpaired) electrons. The number of carbonyl (C=O) groups excluding carboxylic acids is 2. The second-order valence-electron chi connectivity index (χ2n) is 5.21. The fourth-order valence-corrected chi connectivity index (χ4v) is 2.74. The molecule has 0 aromatic heterocycles. The van der Waals surface area contributed by atoms with Gasteiger partial charge < -0.3 is 10.6 Å². The summed E-state index contributed by atoms with van der Waals surface area (Å²) in [7, 11) is 0. The Morgan fingerprint density at radius 2 is 1.95 bits per heavy atom. The van der Waals surface area contributed by atoms with Crippen LogP contribution in [0.2, 0.25) is 0 Å². The van der Waals surface area contributed by atoms with Crippen LogP contribution in [-0.2, 0) is 9.59 Å². The van der Waals surface area contributed by atoms with Crippen LogP contribution >= 0.6 is 0 Å². The lowest BCUT2D eigenvalue weighted by molar-refractivity contribution is -0.129. The van der Waals surface area contributed by atoms with Crippen molar-refractivity contribution in [1.82, 2.24) is 10.6 Å². The number of piperidine rings is 1. The number of hydrogen-bond donors (Lipinski definition) is 2. The number of rotatable bonds is 2. The Labute approximate surface area is 117 Å². The number of carbonyl (C=O) groups is 2. The smallest absolute Gasteiger partial charge is 0.264 e. The van der Waals surface area contributed by atoms with E-state index in [-0.39, 0.29) is 17.7 Å². The van der Waals surface area contributed by atoms with Crippen LogP contribution in [0, 0.1) is 5.92 Å². The number of nitrogens with zero attached hydrogens (tertiary/aromatic N) is 1. The molecule has 2 heterocycles. The van der Waals surface area contributed by atoms with Crippen LogP contribution in [0.1, 0.15) is 24.3 Å². The largest absolute Gasteiger partial charge is 0.316 e. The van der Waals surface area contributed by atoms with Crippen LogP contribution in [0.4, 0.5) is 0 Å². The minimum atomic E-state index is -0.809. The van der Waals surface area contributed by atoms with Gasteiger partial charge in [-0.2, -0.15) is 4.99 Å². The van der Waals surface area contributed by atoms with Crippen molar-refractivity contribution in [1.29, 1.82) is 0 Å². The number of aliphatic imine (C=N–C) groups is 1. The third-order valence-corrected chi connectivity index (χ3v) is 3.81. The molecule has 2 aliphatic rings. The highest BCUT2D eigenvalue weighted by molar-refractivity contribution is 6.19. The molecule has 0 spiro atoms. The van der Waals surface area contributed by atoms with Crippen molar-refractivity contribution < 1.29 is 9.59 Å². The van der Waals surface area contributed by atoms with Gasteiger partial charge in [-0.15, -0.1) is 0 Å². The van der Waals surface area contributed by atoms with E-state index in [2.05, 4.69) is 15.6 Å². The van der Waals surface area contributed by atoms with Crippen LogP contribution in [-0.4, -0.2) is 30.7 Å². The van der Waals surface area contributed by atoms with Gasteiger partial charge >= 0.3 is 0 Å². The first-order valence-electron chi connectivity index (χ1n) is 6.94. The number of amidine groups is 1. The van der Waals surface area contributed by atoms with E-state index in [0.29, 0.717) is 11.4 Å². The highest BCUT2D eigenvalue weighted by atomic mass is 16.2. The maximum atomic E-state index is 12.2. The Morgan fingerprint density at radius 3 is 2.60 bits per heavy atom. The molecule has 0 aliphatic carbocycles. The summed E-state index contributed by atoms with van der Waals surface area (Å²) in [4.78, 5) is 28.5. The van der Waals surface area contributed by atoms with Crippen molar-refractivity contribution in [3.8, 4) is 0 Å². The number of benzene rings is 1. The molecule has 0 bridgehead atoms. The minimum absolute atomic E-state index is 0.133. The Kier molecular flexibility index (Phi) is 3.60. The average molecular weight is 271 g/mol. The standard InChI is InChI=1S/C15H17N3O2/c19-14-12(10-5-2-1-3-6-10)15(20)18-13(17-14)11-7-4-8-16-9-11/h1-3,5-6,11-12,16H,4,7-9H2,(H,17,18,19,20). The lowest BCUT2D eigenvalue weighted by Gasteiger charge is -2.28. The first kappa shape index (κ1) is 13.0. The lowest BCUT2D eigenvalue weighted by Crippen LogP contribution is -2.49. The fraction of sp³-hybridized carbons (Fsp3) is 0.400. The van der Waals surface area contributed by atoms with E-state index in [1.54, 1.807) is 12.1 Å². The summed E-state index contributed by atoms with van der Waals surface area (Å²) in [5.41, 5.74) is 0.694. The van der Waals surface area contributed by atoms with Gasteiger partial charge in [0.1, 0.15) is 11.8 Å². The van der Waals surface area contributed by atoms with Crippen LogP contribution in [0.15, 0.2) is 35.3 Å². The molecule has 0 saturated carbocycles. The topological polar surface area (TPSA) is 70.6 Å². The van der Waals surface area contributed by atoms with Crippen molar-refractivity contribution >= 4 is 17.6 Å². The van der Waals surface area contributed by atoms with Crippen LogP contribution in [0.3, 0.4) is 0 Å². The first-order valence-corrected chi connectivity index (χ1v) is 6.94. The maximum absolute atomic E-state index is 12.2. The Hall–Kier alpha value is -2.01. The van der Waals surface area contributed by atoms with E-state index in [9.17, 15) is 9.59 Å².